The number of aromatic carboxylic acids is 1. The molecular formula is C22H29FN6O2. The highest BCUT2D eigenvalue weighted by atomic mass is 19.1. The summed E-state index contributed by atoms with van der Waals surface area (Å²) in [6.45, 7) is 10.3. The monoisotopic (exact) mass is 428 g/mol. The molecule has 8 nitrogen and oxygen atoms in total. The van der Waals surface area contributed by atoms with Gasteiger partial charge >= 0.3 is 5.97 Å². The van der Waals surface area contributed by atoms with Gasteiger partial charge in [-0.05, 0) is 58.1 Å². The normalized spacial score (nSPS) is 18.1. The minimum atomic E-state index is -1.07. The van der Waals surface area contributed by atoms with Crippen molar-refractivity contribution in [2.45, 2.75) is 58.0 Å². The Morgan fingerprint density at radius 1 is 1.52 bits per heavy atom. The van der Waals surface area contributed by atoms with Crippen LogP contribution in [0.2, 0.25) is 0 Å². The number of fused-ring (bicyclic) bond motifs is 1. The number of aromatic nitrogens is 3. The summed E-state index contributed by atoms with van der Waals surface area (Å²) >= 11 is 0. The summed E-state index contributed by atoms with van der Waals surface area (Å²) in [7, 11) is 0. The SMILES string of the molecule is C=C(/C(CCC(C)(C)N)=N\C=C(/C)F)[C@H]1CCCN1c1ccn2ncc(C(=O)O)c2n1. The summed E-state index contributed by atoms with van der Waals surface area (Å²) in [6, 6.07) is 1.74. The van der Waals surface area contributed by atoms with Crippen molar-refractivity contribution in [1.82, 2.24) is 14.6 Å². The van der Waals surface area contributed by atoms with Crippen molar-refractivity contribution in [2.75, 3.05) is 11.4 Å². The number of carboxylic acids is 1. The number of rotatable bonds is 8. The van der Waals surface area contributed by atoms with E-state index in [1.807, 2.05) is 19.9 Å². The average molecular weight is 429 g/mol. The Labute approximate surface area is 181 Å². The van der Waals surface area contributed by atoms with Gasteiger partial charge in [0.25, 0.3) is 0 Å². The van der Waals surface area contributed by atoms with Crippen LogP contribution in [-0.4, -0.2) is 49.5 Å². The number of nitrogens with zero attached hydrogens (tertiary/aromatic N) is 5. The number of hydrogen-bond donors (Lipinski definition) is 2. The highest BCUT2D eigenvalue weighted by molar-refractivity contribution is 6.01. The smallest absolute Gasteiger partial charge is 0.341 e. The van der Waals surface area contributed by atoms with E-state index in [2.05, 4.69) is 26.6 Å². The van der Waals surface area contributed by atoms with Crippen molar-refractivity contribution >= 4 is 23.1 Å². The summed E-state index contributed by atoms with van der Waals surface area (Å²) in [5.74, 6) is -0.807. The molecule has 3 heterocycles. The van der Waals surface area contributed by atoms with Crippen LogP contribution in [0.25, 0.3) is 5.65 Å². The van der Waals surface area contributed by atoms with Crippen LogP contribution in [-0.2, 0) is 0 Å². The molecule has 2 aromatic rings. The zero-order valence-electron chi connectivity index (χ0n) is 18.2. The molecule has 0 unspecified atom stereocenters. The number of aliphatic imine (C=N–C) groups is 1. The predicted octanol–water partition coefficient (Wildman–Crippen LogP) is 3.74. The standard InChI is InChI=1S/C22H29FN6O2/c1-14(23)12-25-17(7-9-22(3,4)24)15(2)18-6-5-10-28(18)19-8-11-29-20(27-19)16(13-26-29)21(30)31/h8,11-13,18H,2,5-7,9-10,24H2,1,3-4H3,(H,30,31)/b14-12+,25-17-/t18-/m1/s1. The first-order chi connectivity index (χ1) is 14.6. The number of anilines is 1. The lowest BCUT2D eigenvalue weighted by atomic mass is 9.92. The Morgan fingerprint density at radius 3 is 2.90 bits per heavy atom. The molecule has 1 saturated heterocycles. The lowest BCUT2D eigenvalue weighted by molar-refractivity contribution is 0.0698. The van der Waals surface area contributed by atoms with Crippen molar-refractivity contribution in [2.24, 2.45) is 10.7 Å². The van der Waals surface area contributed by atoms with E-state index < -0.39 is 5.97 Å². The average Bonchev–Trinajstić information content (AvgIpc) is 3.33. The van der Waals surface area contributed by atoms with Crippen molar-refractivity contribution in [1.29, 1.82) is 0 Å². The van der Waals surface area contributed by atoms with Crippen LogP contribution in [0.4, 0.5) is 10.2 Å². The van der Waals surface area contributed by atoms with Gasteiger partial charge in [-0.15, -0.1) is 0 Å². The van der Waals surface area contributed by atoms with E-state index >= 15 is 0 Å². The molecule has 1 aliphatic heterocycles. The van der Waals surface area contributed by atoms with E-state index in [0.29, 0.717) is 24.4 Å². The minimum absolute atomic E-state index is 0.0485. The molecule has 0 bridgehead atoms. The molecule has 0 aromatic carbocycles. The van der Waals surface area contributed by atoms with Crippen LogP contribution >= 0.6 is 0 Å². The molecule has 3 rings (SSSR count). The largest absolute Gasteiger partial charge is 0.477 e. The van der Waals surface area contributed by atoms with E-state index in [0.717, 1.165) is 25.0 Å². The molecule has 1 aliphatic rings. The van der Waals surface area contributed by atoms with Crippen molar-refractivity contribution in [3.63, 3.8) is 0 Å². The molecule has 31 heavy (non-hydrogen) atoms. The zero-order chi connectivity index (χ0) is 22.8. The summed E-state index contributed by atoms with van der Waals surface area (Å²) < 4.78 is 14.8. The maximum absolute atomic E-state index is 13.4. The number of hydrogen-bond acceptors (Lipinski definition) is 6. The molecule has 0 saturated carbocycles. The second-order valence-corrected chi connectivity index (χ2v) is 8.57. The third-order valence-electron chi connectivity index (χ3n) is 5.31. The van der Waals surface area contributed by atoms with E-state index in [-0.39, 0.29) is 28.6 Å². The van der Waals surface area contributed by atoms with Gasteiger partial charge in [0, 0.05) is 24.0 Å². The molecule has 2 aromatic heterocycles. The van der Waals surface area contributed by atoms with Gasteiger partial charge in [-0.2, -0.15) is 5.10 Å². The highest BCUT2D eigenvalue weighted by Crippen LogP contribution is 2.30. The van der Waals surface area contributed by atoms with Gasteiger partial charge in [-0.3, -0.25) is 4.99 Å². The van der Waals surface area contributed by atoms with Crippen LogP contribution < -0.4 is 10.6 Å². The lowest BCUT2D eigenvalue weighted by Gasteiger charge is -2.29. The maximum Gasteiger partial charge on any atom is 0.341 e. The number of nitrogens with two attached hydrogens (primary N) is 1. The van der Waals surface area contributed by atoms with Crippen LogP contribution in [0.5, 0.6) is 0 Å². The molecule has 1 fully saturated rings. The van der Waals surface area contributed by atoms with E-state index in [4.69, 9.17) is 5.73 Å². The number of allylic oxidation sites excluding steroid dienone is 1. The highest BCUT2D eigenvalue weighted by Gasteiger charge is 2.31. The molecular weight excluding hydrogens is 399 g/mol. The summed E-state index contributed by atoms with van der Waals surface area (Å²) in [5.41, 5.74) is 7.61. The molecule has 166 valence electrons. The second kappa shape index (κ2) is 8.97. The van der Waals surface area contributed by atoms with Gasteiger partial charge in [0.15, 0.2) is 5.65 Å². The van der Waals surface area contributed by atoms with Crippen molar-refractivity contribution < 1.29 is 14.3 Å². The molecule has 0 amide bonds. The van der Waals surface area contributed by atoms with Crippen LogP contribution in [0.3, 0.4) is 0 Å². The minimum Gasteiger partial charge on any atom is -0.477 e. The van der Waals surface area contributed by atoms with Gasteiger partial charge < -0.3 is 15.7 Å². The van der Waals surface area contributed by atoms with E-state index in [1.54, 1.807) is 6.20 Å². The first-order valence-electron chi connectivity index (χ1n) is 10.3. The lowest BCUT2D eigenvalue weighted by Crippen LogP contribution is -2.36. The Balaban J connectivity index is 1.91. The van der Waals surface area contributed by atoms with Gasteiger partial charge in [0.2, 0.25) is 0 Å². The first-order valence-corrected chi connectivity index (χ1v) is 10.3. The molecule has 0 aliphatic carbocycles. The fraction of sp³-hybridized carbons (Fsp3) is 0.455. The topological polar surface area (TPSA) is 109 Å². The fourth-order valence-corrected chi connectivity index (χ4v) is 3.68. The number of carboxylic acid groups (broad SMARTS) is 1. The van der Waals surface area contributed by atoms with Crippen molar-refractivity contribution in [3.05, 3.63) is 48.2 Å². The third kappa shape index (κ3) is 5.35. The van der Waals surface area contributed by atoms with E-state index in [9.17, 15) is 14.3 Å². The third-order valence-corrected chi connectivity index (χ3v) is 5.31. The Hall–Kier alpha value is -3.07. The molecule has 0 radical (unpaired) electrons. The molecule has 9 heteroatoms. The fourth-order valence-electron chi connectivity index (χ4n) is 3.68. The summed E-state index contributed by atoms with van der Waals surface area (Å²) in [4.78, 5) is 22.5. The molecule has 3 N–H and O–H groups in total. The van der Waals surface area contributed by atoms with Crippen LogP contribution in [0.15, 0.2) is 47.6 Å². The second-order valence-electron chi connectivity index (χ2n) is 8.57. The van der Waals surface area contributed by atoms with Gasteiger partial charge in [-0.25, -0.2) is 18.7 Å². The predicted molar refractivity (Wildman–Crippen MR) is 119 cm³/mol. The van der Waals surface area contributed by atoms with Gasteiger partial charge in [0.1, 0.15) is 17.2 Å². The molecule has 0 spiro atoms. The summed E-state index contributed by atoms with van der Waals surface area (Å²) in [5, 5.41) is 13.4. The Bertz CT molecular complexity index is 1050. The van der Waals surface area contributed by atoms with Gasteiger partial charge in [0.05, 0.1) is 18.4 Å². The number of carbonyl (C=O) groups is 1. The molecule has 1 atom stereocenters. The Kier molecular flexibility index (Phi) is 6.54. The first kappa shape index (κ1) is 22.6. The Morgan fingerprint density at radius 2 is 2.26 bits per heavy atom. The van der Waals surface area contributed by atoms with Gasteiger partial charge in [-0.1, -0.05) is 6.58 Å². The maximum atomic E-state index is 13.4. The van der Waals surface area contributed by atoms with E-state index in [1.165, 1.54) is 23.8 Å². The zero-order valence-corrected chi connectivity index (χ0v) is 18.2. The van der Waals surface area contributed by atoms with Crippen molar-refractivity contribution in [3.8, 4) is 0 Å². The quantitative estimate of drug-likeness (QED) is 0.620. The van der Waals surface area contributed by atoms with Crippen LogP contribution in [0.1, 0.15) is 56.8 Å². The number of halogens is 1. The summed E-state index contributed by atoms with van der Waals surface area (Å²) in [6.07, 6.45) is 7.23. The van der Waals surface area contributed by atoms with Crippen LogP contribution in [0, 0.1) is 0 Å².